The number of aliphatic hydroxyl groups excluding tert-OH is 1. The number of alkyl halides is 3. The lowest BCUT2D eigenvalue weighted by Crippen LogP contribution is -2.59. The van der Waals surface area contributed by atoms with Crippen LogP contribution in [0.25, 0.3) is 11.0 Å². The molecule has 28 heavy (non-hydrogen) atoms. The highest BCUT2D eigenvalue weighted by Crippen LogP contribution is 2.33. The van der Waals surface area contributed by atoms with Gasteiger partial charge in [-0.05, 0) is 12.1 Å². The van der Waals surface area contributed by atoms with Crippen LogP contribution in [0, 0.1) is 11.3 Å². The molecule has 0 aliphatic carbocycles. The lowest BCUT2D eigenvalue weighted by Gasteiger charge is -2.44. The van der Waals surface area contributed by atoms with E-state index < -0.39 is 24.5 Å². The first-order chi connectivity index (χ1) is 13.3. The zero-order valence-electron chi connectivity index (χ0n) is 14.8. The molecule has 2 fully saturated rings. The summed E-state index contributed by atoms with van der Waals surface area (Å²) in [4.78, 5) is 11.9. The molecule has 148 valence electrons. The van der Waals surface area contributed by atoms with Gasteiger partial charge < -0.3 is 14.7 Å². The fourth-order valence-electron chi connectivity index (χ4n) is 3.68. The topological polar surface area (TPSA) is 85.5 Å². The van der Waals surface area contributed by atoms with Crippen LogP contribution < -0.4 is 4.90 Å². The monoisotopic (exact) mass is 393 g/mol. The number of hydrogen-bond acceptors (Lipinski definition) is 7. The fourth-order valence-corrected chi connectivity index (χ4v) is 3.68. The minimum absolute atomic E-state index is 0.247. The van der Waals surface area contributed by atoms with Gasteiger partial charge in [0.05, 0.1) is 30.0 Å². The van der Waals surface area contributed by atoms with Gasteiger partial charge in [0.15, 0.2) is 6.10 Å². The Morgan fingerprint density at radius 3 is 2.50 bits per heavy atom. The Hall–Kier alpha value is -2.48. The molecule has 2 aliphatic rings. The summed E-state index contributed by atoms with van der Waals surface area (Å²) >= 11 is 0. The van der Waals surface area contributed by atoms with Crippen LogP contribution in [0.3, 0.4) is 0 Å². The summed E-state index contributed by atoms with van der Waals surface area (Å²) in [5.41, 5.74) is 1.56. The van der Waals surface area contributed by atoms with Gasteiger partial charge in [0.25, 0.3) is 0 Å². The van der Waals surface area contributed by atoms with E-state index in [4.69, 9.17) is 4.74 Å². The van der Waals surface area contributed by atoms with Gasteiger partial charge >= 0.3 is 6.18 Å². The van der Waals surface area contributed by atoms with Crippen LogP contribution >= 0.6 is 0 Å². The fraction of sp³-hybridized carbons (Fsp3) is 0.500. The summed E-state index contributed by atoms with van der Waals surface area (Å²) in [6, 6.07) is 5.19. The van der Waals surface area contributed by atoms with Gasteiger partial charge in [-0.3, -0.25) is 14.9 Å². The quantitative estimate of drug-likeness (QED) is 0.842. The van der Waals surface area contributed by atoms with E-state index in [0.717, 1.165) is 0 Å². The summed E-state index contributed by atoms with van der Waals surface area (Å²) in [5.74, 6) is 0. The number of nitriles is 1. The third-order valence-corrected chi connectivity index (χ3v) is 5.00. The molecule has 7 nitrogen and oxygen atoms in total. The van der Waals surface area contributed by atoms with Gasteiger partial charge in [0.1, 0.15) is 17.1 Å². The maximum Gasteiger partial charge on any atom is 0.416 e. The van der Waals surface area contributed by atoms with Crippen molar-refractivity contribution in [1.29, 1.82) is 5.26 Å². The number of rotatable bonds is 3. The molecule has 2 aliphatic heterocycles. The van der Waals surface area contributed by atoms with E-state index in [0.29, 0.717) is 41.9 Å². The van der Waals surface area contributed by atoms with Gasteiger partial charge in [-0.15, -0.1) is 0 Å². The van der Waals surface area contributed by atoms with E-state index in [9.17, 15) is 23.5 Å². The molecule has 0 unspecified atom stereocenters. The Morgan fingerprint density at radius 2 is 1.86 bits per heavy atom. The lowest BCUT2D eigenvalue weighted by atomic mass is 10.1. The number of halogens is 3. The molecule has 3 heterocycles. The number of likely N-dealkylation sites (tertiary alicyclic amines) is 1. The number of ether oxygens (including phenoxy) is 1. The van der Waals surface area contributed by atoms with Crippen LogP contribution in [-0.2, 0) is 4.74 Å². The Labute approximate surface area is 159 Å². The molecule has 0 saturated carbocycles. The third-order valence-electron chi connectivity index (χ3n) is 5.00. The molecule has 1 aromatic carbocycles. The number of aliphatic hydroxyl groups is 1. The largest absolute Gasteiger partial charge is 0.416 e. The molecule has 4 rings (SSSR count). The minimum Gasteiger partial charge on any atom is -0.390 e. The predicted octanol–water partition coefficient (Wildman–Crippen LogP) is 1.31. The van der Waals surface area contributed by atoms with Gasteiger partial charge in [-0.2, -0.15) is 18.4 Å². The van der Waals surface area contributed by atoms with Crippen molar-refractivity contribution in [3.63, 3.8) is 0 Å². The average molecular weight is 393 g/mol. The number of hydrogen-bond donors (Lipinski definition) is 1. The molecule has 2 aromatic rings. The number of aromatic nitrogens is 2. The van der Waals surface area contributed by atoms with Crippen molar-refractivity contribution in [3.8, 4) is 6.07 Å². The van der Waals surface area contributed by atoms with Gasteiger partial charge in [0, 0.05) is 38.6 Å². The van der Waals surface area contributed by atoms with Crippen LogP contribution in [0.1, 0.15) is 5.56 Å². The standard InChI is InChI=1S/C18H18F3N5O2/c19-18(20,21)15-10-26(9-13(28-15)8-25-6-12(27)7-25)14-2-1-11(5-22)16-17(14)24-4-3-23-16/h1-4,12-13,15,27H,6-10H2/t13-,15-/m0/s1. The van der Waals surface area contributed by atoms with E-state index in [1.807, 2.05) is 11.0 Å². The Morgan fingerprint density at radius 1 is 1.14 bits per heavy atom. The molecule has 10 heteroatoms. The van der Waals surface area contributed by atoms with Crippen molar-refractivity contribution in [2.75, 3.05) is 37.6 Å². The van der Waals surface area contributed by atoms with E-state index in [2.05, 4.69) is 9.97 Å². The molecule has 0 bridgehead atoms. The van der Waals surface area contributed by atoms with E-state index in [-0.39, 0.29) is 13.1 Å². The van der Waals surface area contributed by atoms with Crippen molar-refractivity contribution in [1.82, 2.24) is 14.9 Å². The van der Waals surface area contributed by atoms with Crippen LogP contribution in [0.5, 0.6) is 0 Å². The second-order valence-electron chi connectivity index (χ2n) is 7.06. The lowest BCUT2D eigenvalue weighted by molar-refractivity contribution is -0.238. The number of β-amino-alcohol motifs (C(OH)–C–C–N with tert-alkyl or cyclic N) is 1. The summed E-state index contributed by atoms with van der Waals surface area (Å²) in [5, 5.41) is 18.7. The van der Waals surface area contributed by atoms with Crippen LogP contribution in [0.2, 0.25) is 0 Å². The highest BCUT2D eigenvalue weighted by atomic mass is 19.4. The predicted molar refractivity (Wildman–Crippen MR) is 93.6 cm³/mol. The first-order valence-electron chi connectivity index (χ1n) is 8.86. The maximum atomic E-state index is 13.5. The first-order valence-corrected chi connectivity index (χ1v) is 8.86. The van der Waals surface area contributed by atoms with Crippen molar-refractivity contribution >= 4 is 16.7 Å². The number of fused-ring (bicyclic) bond motifs is 1. The molecule has 1 N–H and O–H groups in total. The Balaban J connectivity index is 1.65. The van der Waals surface area contributed by atoms with Crippen LogP contribution in [-0.4, -0.2) is 77.2 Å². The van der Waals surface area contributed by atoms with Gasteiger partial charge in [0.2, 0.25) is 0 Å². The smallest absolute Gasteiger partial charge is 0.390 e. The van der Waals surface area contributed by atoms with Gasteiger partial charge in [-0.1, -0.05) is 0 Å². The van der Waals surface area contributed by atoms with Crippen molar-refractivity contribution in [2.45, 2.75) is 24.5 Å². The molecular formula is C18H18F3N5O2. The first kappa shape index (κ1) is 18.9. The summed E-state index contributed by atoms with van der Waals surface area (Å²) in [6.07, 6.45) is -4.64. The minimum atomic E-state index is -4.50. The SMILES string of the molecule is N#Cc1ccc(N2C[C@H](CN3CC(O)C3)O[C@H](C(F)(F)F)C2)c2nccnc12. The third kappa shape index (κ3) is 3.61. The van der Waals surface area contributed by atoms with Crippen LogP contribution in [0.15, 0.2) is 24.5 Å². The second kappa shape index (κ2) is 7.16. The number of morpholine rings is 1. The average Bonchev–Trinajstić information content (AvgIpc) is 2.65. The van der Waals surface area contributed by atoms with E-state index in [1.54, 1.807) is 17.0 Å². The molecule has 0 spiro atoms. The Bertz CT molecular complexity index is 910. The number of nitrogens with zero attached hydrogens (tertiary/aromatic N) is 5. The molecule has 2 atom stereocenters. The zero-order valence-corrected chi connectivity index (χ0v) is 14.8. The molecule has 2 saturated heterocycles. The zero-order chi connectivity index (χ0) is 19.9. The summed E-state index contributed by atoms with van der Waals surface area (Å²) < 4.78 is 45.7. The van der Waals surface area contributed by atoms with Crippen molar-refractivity contribution in [2.24, 2.45) is 0 Å². The summed E-state index contributed by atoms with van der Waals surface area (Å²) in [6.45, 7) is 1.06. The molecule has 0 amide bonds. The Kier molecular flexibility index (Phi) is 4.82. The molecular weight excluding hydrogens is 375 g/mol. The highest BCUT2D eigenvalue weighted by Gasteiger charge is 2.46. The molecule has 1 aromatic heterocycles. The maximum absolute atomic E-state index is 13.5. The normalized spacial score (nSPS) is 24.2. The number of benzene rings is 1. The van der Waals surface area contributed by atoms with Gasteiger partial charge in [-0.25, -0.2) is 0 Å². The van der Waals surface area contributed by atoms with E-state index in [1.165, 1.54) is 12.4 Å². The summed E-state index contributed by atoms with van der Waals surface area (Å²) in [7, 11) is 0. The second-order valence-corrected chi connectivity index (χ2v) is 7.06. The number of anilines is 1. The van der Waals surface area contributed by atoms with Crippen molar-refractivity contribution < 1.29 is 23.0 Å². The highest BCUT2D eigenvalue weighted by molar-refractivity contribution is 5.92. The van der Waals surface area contributed by atoms with Crippen LogP contribution in [0.4, 0.5) is 18.9 Å². The van der Waals surface area contributed by atoms with E-state index >= 15 is 0 Å². The molecule has 0 radical (unpaired) electrons. The van der Waals surface area contributed by atoms with Crippen molar-refractivity contribution in [3.05, 3.63) is 30.1 Å².